The third-order valence-electron chi connectivity index (χ3n) is 4.19. The molecular weight excluding hydrogens is 342 g/mol. The number of rotatable bonds is 3. The molecule has 3 rings (SSSR count). The van der Waals surface area contributed by atoms with E-state index in [1.807, 2.05) is 31.7 Å². The first kappa shape index (κ1) is 15.2. The highest BCUT2D eigenvalue weighted by molar-refractivity contribution is 9.10. The third-order valence-corrected chi connectivity index (χ3v) is 4.80. The maximum absolute atomic E-state index is 4.43. The van der Waals surface area contributed by atoms with E-state index in [9.17, 15) is 0 Å². The van der Waals surface area contributed by atoms with E-state index in [1.54, 1.807) is 0 Å². The second-order valence-electron chi connectivity index (χ2n) is 5.72. The lowest BCUT2D eigenvalue weighted by atomic mass is 10.0. The molecule has 5 nitrogen and oxygen atoms in total. The van der Waals surface area contributed by atoms with Gasteiger partial charge in [0.2, 0.25) is 5.95 Å². The van der Waals surface area contributed by atoms with Crippen molar-refractivity contribution >= 4 is 27.6 Å². The standard InChI is InChI=1S/C16H20BrN5/c1-12-9-19-16(20-10-12)21(2)13-4-7-22(8-5-13)15-3-6-18-11-14(15)17/h3,6,9-11,13H,4-5,7-8H2,1-2H3. The van der Waals surface area contributed by atoms with Crippen LogP contribution in [0.25, 0.3) is 0 Å². The van der Waals surface area contributed by atoms with E-state index in [0.717, 1.165) is 41.9 Å². The highest BCUT2D eigenvalue weighted by Crippen LogP contribution is 2.28. The predicted octanol–water partition coefficient (Wildman–Crippen LogP) is 3.05. The normalized spacial score (nSPS) is 15.9. The van der Waals surface area contributed by atoms with Crippen molar-refractivity contribution in [1.29, 1.82) is 0 Å². The maximum Gasteiger partial charge on any atom is 0.225 e. The van der Waals surface area contributed by atoms with Crippen molar-refractivity contribution in [2.24, 2.45) is 0 Å². The molecule has 0 atom stereocenters. The summed E-state index contributed by atoms with van der Waals surface area (Å²) >= 11 is 3.58. The fourth-order valence-corrected chi connectivity index (χ4v) is 3.35. The monoisotopic (exact) mass is 361 g/mol. The van der Waals surface area contributed by atoms with E-state index in [0.29, 0.717) is 6.04 Å². The van der Waals surface area contributed by atoms with E-state index in [1.165, 1.54) is 5.69 Å². The van der Waals surface area contributed by atoms with Gasteiger partial charge in [-0.25, -0.2) is 9.97 Å². The average Bonchev–Trinajstić information content (AvgIpc) is 2.56. The minimum Gasteiger partial charge on any atom is -0.370 e. The molecule has 0 aliphatic carbocycles. The zero-order valence-electron chi connectivity index (χ0n) is 12.9. The number of piperidine rings is 1. The van der Waals surface area contributed by atoms with Gasteiger partial charge >= 0.3 is 0 Å². The van der Waals surface area contributed by atoms with Crippen LogP contribution in [-0.4, -0.2) is 41.1 Å². The molecule has 3 heterocycles. The Hall–Kier alpha value is -1.69. The molecule has 6 heteroatoms. The summed E-state index contributed by atoms with van der Waals surface area (Å²) in [7, 11) is 2.09. The number of nitrogens with zero attached hydrogens (tertiary/aromatic N) is 5. The lowest BCUT2D eigenvalue weighted by Crippen LogP contribution is -2.44. The van der Waals surface area contributed by atoms with E-state index < -0.39 is 0 Å². The van der Waals surface area contributed by atoms with E-state index >= 15 is 0 Å². The molecule has 0 aromatic carbocycles. The Labute approximate surface area is 139 Å². The zero-order chi connectivity index (χ0) is 15.5. The minimum atomic E-state index is 0.486. The first-order chi connectivity index (χ1) is 10.6. The first-order valence-electron chi connectivity index (χ1n) is 7.51. The largest absolute Gasteiger partial charge is 0.370 e. The van der Waals surface area contributed by atoms with Crippen molar-refractivity contribution in [3.8, 4) is 0 Å². The Kier molecular flexibility index (Phi) is 4.57. The molecule has 2 aromatic heterocycles. The van der Waals surface area contributed by atoms with Gasteiger partial charge in [-0.05, 0) is 47.3 Å². The second-order valence-corrected chi connectivity index (χ2v) is 6.57. The van der Waals surface area contributed by atoms with E-state index in [2.05, 4.69) is 53.8 Å². The van der Waals surface area contributed by atoms with Gasteiger partial charge in [0, 0.05) is 51.0 Å². The summed E-state index contributed by atoms with van der Waals surface area (Å²) in [5, 5.41) is 0. The van der Waals surface area contributed by atoms with Crippen molar-refractivity contribution in [3.63, 3.8) is 0 Å². The Bertz CT molecular complexity index is 623. The number of hydrogen-bond donors (Lipinski definition) is 0. The highest BCUT2D eigenvalue weighted by Gasteiger charge is 2.24. The van der Waals surface area contributed by atoms with Crippen molar-refractivity contribution < 1.29 is 0 Å². The Morgan fingerprint density at radius 2 is 1.86 bits per heavy atom. The predicted molar refractivity (Wildman–Crippen MR) is 92.3 cm³/mol. The van der Waals surface area contributed by atoms with Crippen LogP contribution in [0.3, 0.4) is 0 Å². The maximum atomic E-state index is 4.43. The highest BCUT2D eigenvalue weighted by atomic mass is 79.9. The molecule has 0 N–H and O–H groups in total. The zero-order valence-corrected chi connectivity index (χ0v) is 14.5. The number of aryl methyl sites for hydroxylation is 1. The Balaban J connectivity index is 1.64. The van der Waals surface area contributed by atoms with Crippen LogP contribution >= 0.6 is 15.9 Å². The molecule has 1 aliphatic rings. The van der Waals surface area contributed by atoms with Crippen LogP contribution < -0.4 is 9.80 Å². The molecule has 0 bridgehead atoms. The lowest BCUT2D eigenvalue weighted by molar-refractivity contribution is 0.477. The van der Waals surface area contributed by atoms with Gasteiger partial charge in [-0.2, -0.15) is 0 Å². The molecule has 0 unspecified atom stereocenters. The quantitative estimate of drug-likeness (QED) is 0.840. The number of pyridine rings is 1. The topological polar surface area (TPSA) is 45.2 Å². The molecule has 116 valence electrons. The smallest absolute Gasteiger partial charge is 0.225 e. The molecule has 1 fully saturated rings. The summed E-state index contributed by atoms with van der Waals surface area (Å²) in [5.74, 6) is 0.814. The molecule has 2 aromatic rings. The van der Waals surface area contributed by atoms with Gasteiger partial charge in [0.25, 0.3) is 0 Å². The summed E-state index contributed by atoms with van der Waals surface area (Å²) in [4.78, 5) is 17.6. The van der Waals surface area contributed by atoms with Gasteiger partial charge in [-0.1, -0.05) is 0 Å². The van der Waals surface area contributed by atoms with Crippen LogP contribution in [-0.2, 0) is 0 Å². The van der Waals surface area contributed by atoms with Crippen molar-refractivity contribution in [2.75, 3.05) is 29.9 Å². The van der Waals surface area contributed by atoms with Crippen LogP contribution in [0, 0.1) is 6.92 Å². The molecule has 22 heavy (non-hydrogen) atoms. The summed E-state index contributed by atoms with van der Waals surface area (Å²) in [6.45, 7) is 4.07. The fourth-order valence-electron chi connectivity index (χ4n) is 2.85. The van der Waals surface area contributed by atoms with E-state index in [-0.39, 0.29) is 0 Å². The summed E-state index contributed by atoms with van der Waals surface area (Å²) in [6, 6.07) is 2.55. The lowest BCUT2D eigenvalue weighted by Gasteiger charge is -2.38. The summed E-state index contributed by atoms with van der Waals surface area (Å²) in [5.41, 5.74) is 2.32. The number of hydrogen-bond acceptors (Lipinski definition) is 5. The Morgan fingerprint density at radius 3 is 2.50 bits per heavy atom. The minimum absolute atomic E-state index is 0.486. The van der Waals surface area contributed by atoms with Gasteiger partial charge in [0.1, 0.15) is 0 Å². The molecule has 0 radical (unpaired) electrons. The fraction of sp³-hybridized carbons (Fsp3) is 0.438. The molecule has 1 aliphatic heterocycles. The summed E-state index contributed by atoms with van der Waals surface area (Å²) < 4.78 is 1.06. The van der Waals surface area contributed by atoms with Crippen molar-refractivity contribution in [3.05, 3.63) is 40.9 Å². The SMILES string of the molecule is Cc1cnc(N(C)C2CCN(c3ccncc3Br)CC2)nc1. The van der Waals surface area contributed by atoms with Crippen LogP contribution in [0.4, 0.5) is 11.6 Å². The molecular formula is C16H20BrN5. The summed E-state index contributed by atoms with van der Waals surface area (Å²) in [6.07, 6.45) is 9.65. The number of anilines is 2. The molecule has 0 spiro atoms. The van der Waals surface area contributed by atoms with Crippen LogP contribution in [0.1, 0.15) is 18.4 Å². The van der Waals surface area contributed by atoms with Crippen LogP contribution in [0.5, 0.6) is 0 Å². The molecule has 0 amide bonds. The second kappa shape index (κ2) is 6.60. The number of halogens is 1. The van der Waals surface area contributed by atoms with Crippen molar-refractivity contribution in [1.82, 2.24) is 15.0 Å². The van der Waals surface area contributed by atoms with Crippen LogP contribution in [0.15, 0.2) is 35.3 Å². The Morgan fingerprint density at radius 1 is 1.18 bits per heavy atom. The third kappa shape index (κ3) is 3.21. The van der Waals surface area contributed by atoms with Gasteiger partial charge in [-0.3, -0.25) is 4.98 Å². The van der Waals surface area contributed by atoms with Gasteiger partial charge in [0.15, 0.2) is 0 Å². The number of aromatic nitrogens is 3. The first-order valence-corrected chi connectivity index (χ1v) is 8.30. The van der Waals surface area contributed by atoms with E-state index in [4.69, 9.17) is 0 Å². The van der Waals surface area contributed by atoms with Gasteiger partial charge in [-0.15, -0.1) is 0 Å². The van der Waals surface area contributed by atoms with Gasteiger partial charge < -0.3 is 9.80 Å². The average molecular weight is 362 g/mol. The van der Waals surface area contributed by atoms with Crippen LogP contribution in [0.2, 0.25) is 0 Å². The van der Waals surface area contributed by atoms with Gasteiger partial charge in [0.05, 0.1) is 10.2 Å². The van der Waals surface area contributed by atoms with Crippen molar-refractivity contribution in [2.45, 2.75) is 25.8 Å². The molecule has 0 saturated carbocycles. The molecule has 1 saturated heterocycles.